The second kappa shape index (κ2) is 5.12. The maximum absolute atomic E-state index is 11.4. The van der Waals surface area contributed by atoms with Crippen molar-refractivity contribution < 1.29 is 8.42 Å². The molecule has 0 saturated heterocycles. The summed E-state index contributed by atoms with van der Waals surface area (Å²) in [5.74, 6) is 0. The third-order valence-corrected chi connectivity index (χ3v) is 3.96. The Hall–Kier alpha value is -2.51. The van der Waals surface area contributed by atoms with Crippen LogP contribution in [0.25, 0.3) is 16.8 Å². The highest BCUT2D eigenvalue weighted by Gasteiger charge is 2.08. The highest BCUT2D eigenvalue weighted by Crippen LogP contribution is 2.23. The summed E-state index contributed by atoms with van der Waals surface area (Å²) >= 11 is 0. The van der Waals surface area contributed by atoms with Crippen LogP contribution in [0.15, 0.2) is 65.8 Å². The molecule has 0 bridgehead atoms. The lowest BCUT2D eigenvalue weighted by Crippen LogP contribution is -2.11. The van der Waals surface area contributed by atoms with E-state index in [2.05, 4.69) is 10.3 Å². The molecule has 0 fully saturated rings. The maximum Gasteiger partial charge on any atom is 0.238 e. The first-order valence-corrected chi connectivity index (χ1v) is 7.69. The van der Waals surface area contributed by atoms with Gasteiger partial charge < -0.3 is 0 Å². The Labute approximate surface area is 121 Å². The molecule has 0 atom stereocenters. The fourth-order valence-corrected chi connectivity index (χ4v) is 2.56. The topological polar surface area (TPSA) is 90.9 Å². The maximum atomic E-state index is 11.4. The van der Waals surface area contributed by atoms with Crippen LogP contribution in [0.5, 0.6) is 0 Å². The van der Waals surface area contributed by atoms with Gasteiger partial charge in [-0.25, -0.2) is 18.2 Å². The van der Waals surface area contributed by atoms with Crippen LogP contribution in [0.2, 0.25) is 0 Å². The second-order valence-corrected chi connectivity index (χ2v) is 6.03. The van der Waals surface area contributed by atoms with Crippen molar-refractivity contribution in [2.45, 2.75) is 4.90 Å². The van der Waals surface area contributed by atoms with E-state index in [4.69, 9.17) is 5.14 Å². The Morgan fingerprint density at radius 1 is 1.00 bits per heavy atom. The molecule has 2 N–H and O–H groups in total. The Bertz CT molecular complexity index is 856. The Morgan fingerprint density at radius 2 is 1.76 bits per heavy atom. The average Bonchev–Trinajstić information content (AvgIpc) is 3.01. The minimum Gasteiger partial charge on any atom is -0.225 e. The quantitative estimate of drug-likeness (QED) is 0.795. The summed E-state index contributed by atoms with van der Waals surface area (Å²) in [6, 6.07) is 14.1. The van der Waals surface area contributed by atoms with Crippen molar-refractivity contribution in [3.63, 3.8) is 0 Å². The highest BCUT2D eigenvalue weighted by molar-refractivity contribution is 7.89. The van der Waals surface area contributed by atoms with E-state index in [1.165, 1.54) is 6.07 Å². The predicted molar refractivity (Wildman–Crippen MR) is 78.2 cm³/mol. The molecule has 0 aliphatic carbocycles. The van der Waals surface area contributed by atoms with Gasteiger partial charge in [-0.3, -0.25) is 0 Å². The minimum absolute atomic E-state index is 0.0975. The van der Waals surface area contributed by atoms with Gasteiger partial charge in [-0.15, -0.1) is 5.10 Å². The van der Waals surface area contributed by atoms with Gasteiger partial charge in [-0.05, 0) is 35.4 Å². The van der Waals surface area contributed by atoms with Gasteiger partial charge >= 0.3 is 0 Å². The van der Waals surface area contributed by atoms with Crippen molar-refractivity contribution in [2.24, 2.45) is 5.14 Å². The molecule has 1 aromatic heterocycles. The summed E-state index contributed by atoms with van der Waals surface area (Å²) in [5.41, 5.74) is 2.55. The zero-order chi connectivity index (χ0) is 14.9. The van der Waals surface area contributed by atoms with E-state index in [1.807, 2.05) is 30.3 Å². The number of nitrogens with zero attached hydrogens (tertiary/aromatic N) is 3. The normalized spacial score (nSPS) is 11.5. The monoisotopic (exact) mass is 300 g/mol. The van der Waals surface area contributed by atoms with Crippen molar-refractivity contribution in [1.29, 1.82) is 0 Å². The Balaban J connectivity index is 1.98. The first kappa shape index (κ1) is 13.5. The van der Waals surface area contributed by atoms with Crippen LogP contribution in [-0.2, 0) is 10.0 Å². The van der Waals surface area contributed by atoms with Gasteiger partial charge in [0, 0.05) is 0 Å². The molecule has 0 radical (unpaired) electrons. The van der Waals surface area contributed by atoms with Crippen LogP contribution in [-0.4, -0.2) is 23.4 Å². The molecule has 0 amide bonds. The van der Waals surface area contributed by atoms with Gasteiger partial charge in [0.25, 0.3) is 0 Å². The van der Waals surface area contributed by atoms with E-state index in [9.17, 15) is 8.42 Å². The van der Waals surface area contributed by atoms with Crippen LogP contribution in [0.1, 0.15) is 0 Å². The van der Waals surface area contributed by atoms with Gasteiger partial charge in [0.15, 0.2) is 0 Å². The number of rotatable bonds is 3. The summed E-state index contributed by atoms with van der Waals surface area (Å²) in [4.78, 5) is 0.0975. The second-order valence-electron chi connectivity index (χ2n) is 4.47. The lowest BCUT2D eigenvalue weighted by molar-refractivity contribution is 0.598. The van der Waals surface area contributed by atoms with Crippen molar-refractivity contribution in [2.75, 3.05) is 0 Å². The minimum atomic E-state index is -3.70. The van der Waals surface area contributed by atoms with Gasteiger partial charge in [0.2, 0.25) is 10.0 Å². The number of benzene rings is 2. The van der Waals surface area contributed by atoms with Gasteiger partial charge in [-0.2, -0.15) is 0 Å². The smallest absolute Gasteiger partial charge is 0.225 e. The van der Waals surface area contributed by atoms with Crippen molar-refractivity contribution in [3.8, 4) is 16.8 Å². The van der Waals surface area contributed by atoms with Crippen molar-refractivity contribution in [3.05, 3.63) is 60.9 Å². The molecule has 0 spiro atoms. The van der Waals surface area contributed by atoms with Crippen LogP contribution in [0.4, 0.5) is 0 Å². The molecule has 0 unspecified atom stereocenters. The molecule has 3 aromatic rings. The largest absolute Gasteiger partial charge is 0.238 e. The molecule has 6 nitrogen and oxygen atoms in total. The Morgan fingerprint density at radius 3 is 2.38 bits per heavy atom. The third kappa shape index (κ3) is 2.83. The molecule has 21 heavy (non-hydrogen) atoms. The molecule has 3 rings (SSSR count). The molecule has 7 heteroatoms. The standard InChI is InChI=1S/C14H12N4O2S/c15-21(19,20)14-3-1-2-12(10-14)11-4-6-13(7-5-11)18-9-8-16-17-18/h1-10H,(H2,15,19,20). The number of primary sulfonamides is 1. The van der Waals surface area contributed by atoms with Crippen molar-refractivity contribution >= 4 is 10.0 Å². The zero-order valence-electron chi connectivity index (χ0n) is 10.9. The van der Waals surface area contributed by atoms with Gasteiger partial charge in [0.1, 0.15) is 0 Å². The summed E-state index contributed by atoms with van der Waals surface area (Å²) in [5, 5.41) is 12.8. The van der Waals surface area contributed by atoms with Crippen LogP contribution < -0.4 is 5.14 Å². The number of hydrogen-bond donors (Lipinski definition) is 1. The van der Waals surface area contributed by atoms with E-state index < -0.39 is 10.0 Å². The molecular formula is C14H12N4O2S. The van der Waals surface area contributed by atoms with E-state index >= 15 is 0 Å². The summed E-state index contributed by atoms with van der Waals surface area (Å²) in [7, 11) is -3.70. The fourth-order valence-electron chi connectivity index (χ4n) is 2.01. The molecule has 1 heterocycles. The number of aromatic nitrogens is 3. The third-order valence-electron chi connectivity index (χ3n) is 3.05. The number of nitrogens with two attached hydrogens (primary N) is 1. The van der Waals surface area contributed by atoms with E-state index in [0.717, 1.165) is 16.8 Å². The van der Waals surface area contributed by atoms with E-state index in [1.54, 1.807) is 29.2 Å². The number of sulfonamides is 1. The molecule has 0 saturated carbocycles. The van der Waals surface area contributed by atoms with Crippen LogP contribution in [0.3, 0.4) is 0 Å². The first-order valence-electron chi connectivity index (χ1n) is 6.14. The molecular weight excluding hydrogens is 288 g/mol. The van der Waals surface area contributed by atoms with Gasteiger partial charge in [-0.1, -0.05) is 29.5 Å². The van der Waals surface area contributed by atoms with Crippen molar-refractivity contribution in [1.82, 2.24) is 15.0 Å². The molecule has 0 aliphatic rings. The summed E-state index contributed by atoms with van der Waals surface area (Å²) in [6.45, 7) is 0. The van der Waals surface area contributed by atoms with Crippen LogP contribution >= 0.6 is 0 Å². The first-order chi connectivity index (χ1) is 10.0. The SMILES string of the molecule is NS(=O)(=O)c1cccc(-c2ccc(-n3ccnn3)cc2)c1. The predicted octanol–water partition coefficient (Wildman–Crippen LogP) is 1.58. The van der Waals surface area contributed by atoms with Crippen LogP contribution in [0, 0.1) is 0 Å². The number of hydrogen-bond acceptors (Lipinski definition) is 4. The fraction of sp³-hybridized carbons (Fsp3) is 0. The highest BCUT2D eigenvalue weighted by atomic mass is 32.2. The van der Waals surface area contributed by atoms with Gasteiger partial charge in [0.05, 0.1) is 23.0 Å². The molecule has 0 aliphatic heterocycles. The lowest BCUT2D eigenvalue weighted by Gasteiger charge is -2.06. The average molecular weight is 300 g/mol. The summed E-state index contributed by atoms with van der Waals surface area (Å²) in [6.07, 6.45) is 3.35. The zero-order valence-corrected chi connectivity index (χ0v) is 11.7. The molecule has 2 aromatic carbocycles. The summed E-state index contributed by atoms with van der Waals surface area (Å²) < 4.78 is 24.4. The lowest BCUT2D eigenvalue weighted by atomic mass is 10.1. The molecule has 106 valence electrons. The van der Waals surface area contributed by atoms with E-state index in [-0.39, 0.29) is 4.90 Å². The van der Waals surface area contributed by atoms with E-state index in [0.29, 0.717) is 0 Å². The Kier molecular flexibility index (Phi) is 3.28.